The Morgan fingerprint density at radius 1 is 1.47 bits per heavy atom. The number of amides is 1. The lowest BCUT2D eigenvalue weighted by molar-refractivity contribution is 0.0944. The van der Waals surface area contributed by atoms with Crippen molar-refractivity contribution < 1.29 is 14.4 Å². The van der Waals surface area contributed by atoms with E-state index >= 15 is 0 Å². The van der Waals surface area contributed by atoms with Crippen LogP contribution in [-0.4, -0.2) is 16.2 Å². The van der Waals surface area contributed by atoms with E-state index in [0.29, 0.717) is 5.76 Å². The van der Waals surface area contributed by atoms with Gasteiger partial charge < -0.3 is 14.9 Å². The van der Waals surface area contributed by atoms with Crippen LogP contribution in [0.4, 0.5) is 0 Å². The molecule has 1 aromatic heterocycles. The van der Waals surface area contributed by atoms with Crippen LogP contribution in [-0.2, 0) is 6.54 Å². The average Bonchev–Trinajstić information content (AvgIpc) is 2.82. The number of aryl methyl sites for hydroxylation is 1. The summed E-state index contributed by atoms with van der Waals surface area (Å²) in [6, 6.07) is 6.53. The van der Waals surface area contributed by atoms with Gasteiger partial charge in [-0.25, -0.2) is 0 Å². The molecule has 0 spiro atoms. The SMILES string of the molecule is Cc1ccc(O)c(C(=O)NCc2ccno2)c1. The first-order valence-corrected chi connectivity index (χ1v) is 5.14. The Morgan fingerprint density at radius 2 is 2.29 bits per heavy atom. The van der Waals surface area contributed by atoms with E-state index in [-0.39, 0.29) is 23.8 Å². The largest absolute Gasteiger partial charge is 0.507 e. The smallest absolute Gasteiger partial charge is 0.255 e. The predicted octanol–water partition coefficient (Wildman–Crippen LogP) is 1.62. The normalized spacial score (nSPS) is 10.2. The standard InChI is InChI=1S/C12H12N2O3/c1-8-2-3-11(15)10(6-8)12(16)13-7-9-4-5-14-17-9/h2-6,15H,7H2,1H3,(H,13,16). The molecule has 0 radical (unpaired) electrons. The number of phenols is 1. The van der Waals surface area contributed by atoms with E-state index in [1.54, 1.807) is 18.2 Å². The quantitative estimate of drug-likeness (QED) is 0.843. The summed E-state index contributed by atoms with van der Waals surface area (Å²) in [6.07, 6.45) is 1.51. The van der Waals surface area contributed by atoms with E-state index in [2.05, 4.69) is 10.5 Å². The Bertz CT molecular complexity index is 521. The van der Waals surface area contributed by atoms with Crippen LogP contribution in [0.2, 0.25) is 0 Å². The monoisotopic (exact) mass is 232 g/mol. The lowest BCUT2D eigenvalue weighted by Crippen LogP contribution is -2.22. The van der Waals surface area contributed by atoms with Crippen LogP contribution < -0.4 is 5.32 Å². The fourth-order valence-electron chi connectivity index (χ4n) is 1.43. The number of hydrogen-bond donors (Lipinski definition) is 2. The average molecular weight is 232 g/mol. The number of phenolic OH excluding ortho intramolecular Hbond substituents is 1. The van der Waals surface area contributed by atoms with Crippen molar-refractivity contribution in [2.45, 2.75) is 13.5 Å². The molecule has 5 heteroatoms. The first kappa shape index (κ1) is 11.2. The summed E-state index contributed by atoms with van der Waals surface area (Å²) in [5.41, 5.74) is 1.16. The fraction of sp³-hybridized carbons (Fsp3) is 0.167. The third-order valence-electron chi connectivity index (χ3n) is 2.31. The van der Waals surface area contributed by atoms with E-state index in [1.807, 2.05) is 6.92 Å². The number of benzene rings is 1. The minimum absolute atomic E-state index is 0.0364. The number of aromatic hydroxyl groups is 1. The second-order valence-electron chi connectivity index (χ2n) is 3.68. The molecule has 0 aliphatic carbocycles. The van der Waals surface area contributed by atoms with Gasteiger partial charge in [0.05, 0.1) is 18.3 Å². The van der Waals surface area contributed by atoms with Gasteiger partial charge in [-0.2, -0.15) is 0 Å². The van der Waals surface area contributed by atoms with E-state index in [4.69, 9.17) is 4.52 Å². The first-order chi connectivity index (χ1) is 8.16. The summed E-state index contributed by atoms with van der Waals surface area (Å²) in [5, 5.41) is 15.7. The number of hydrogen-bond acceptors (Lipinski definition) is 4. The molecule has 0 aliphatic rings. The number of rotatable bonds is 3. The van der Waals surface area contributed by atoms with E-state index in [0.717, 1.165) is 5.56 Å². The van der Waals surface area contributed by atoms with Crippen molar-refractivity contribution >= 4 is 5.91 Å². The highest BCUT2D eigenvalue weighted by Crippen LogP contribution is 2.17. The molecule has 2 aromatic rings. The number of aromatic nitrogens is 1. The van der Waals surface area contributed by atoms with Crippen LogP contribution >= 0.6 is 0 Å². The summed E-state index contributed by atoms with van der Waals surface area (Å²) in [7, 11) is 0. The molecular weight excluding hydrogens is 220 g/mol. The molecule has 5 nitrogen and oxygen atoms in total. The van der Waals surface area contributed by atoms with Crippen LogP contribution in [0.25, 0.3) is 0 Å². The fourth-order valence-corrected chi connectivity index (χ4v) is 1.43. The summed E-state index contributed by atoms with van der Waals surface area (Å²) in [5.74, 6) is 0.179. The van der Waals surface area contributed by atoms with Gasteiger partial charge in [-0.15, -0.1) is 0 Å². The lowest BCUT2D eigenvalue weighted by atomic mass is 10.1. The maximum atomic E-state index is 11.8. The maximum absolute atomic E-state index is 11.8. The van der Waals surface area contributed by atoms with E-state index in [9.17, 15) is 9.90 Å². The molecule has 2 rings (SSSR count). The summed E-state index contributed by atoms with van der Waals surface area (Å²) in [4.78, 5) is 11.8. The van der Waals surface area contributed by atoms with Gasteiger partial charge in [-0.05, 0) is 19.1 Å². The van der Waals surface area contributed by atoms with Crippen molar-refractivity contribution in [2.24, 2.45) is 0 Å². The second-order valence-corrected chi connectivity index (χ2v) is 3.68. The van der Waals surface area contributed by atoms with E-state index in [1.165, 1.54) is 12.3 Å². The zero-order valence-corrected chi connectivity index (χ0v) is 9.30. The predicted molar refractivity (Wildman–Crippen MR) is 60.5 cm³/mol. The van der Waals surface area contributed by atoms with Crippen molar-refractivity contribution in [1.29, 1.82) is 0 Å². The molecule has 0 aliphatic heterocycles. The Kier molecular flexibility index (Phi) is 3.09. The maximum Gasteiger partial charge on any atom is 0.255 e. The van der Waals surface area contributed by atoms with Gasteiger partial charge in [0.1, 0.15) is 5.75 Å². The highest BCUT2D eigenvalue weighted by Gasteiger charge is 2.11. The van der Waals surface area contributed by atoms with Gasteiger partial charge >= 0.3 is 0 Å². The van der Waals surface area contributed by atoms with Crippen LogP contribution in [0, 0.1) is 6.92 Å². The molecule has 17 heavy (non-hydrogen) atoms. The molecule has 0 saturated heterocycles. The Balaban J connectivity index is 2.07. The van der Waals surface area contributed by atoms with Crippen molar-refractivity contribution in [1.82, 2.24) is 10.5 Å². The van der Waals surface area contributed by atoms with Gasteiger partial charge in [0.15, 0.2) is 5.76 Å². The summed E-state index contributed by atoms with van der Waals surface area (Å²) in [6.45, 7) is 2.10. The molecule has 1 amide bonds. The summed E-state index contributed by atoms with van der Waals surface area (Å²) >= 11 is 0. The van der Waals surface area contributed by atoms with Crippen molar-refractivity contribution in [2.75, 3.05) is 0 Å². The van der Waals surface area contributed by atoms with Crippen molar-refractivity contribution in [3.05, 3.63) is 47.3 Å². The Labute approximate surface area is 98.1 Å². The highest BCUT2D eigenvalue weighted by atomic mass is 16.5. The molecular formula is C12H12N2O3. The number of nitrogens with one attached hydrogen (secondary N) is 1. The zero-order valence-electron chi connectivity index (χ0n) is 9.30. The molecule has 0 fully saturated rings. The summed E-state index contributed by atoms with van der Waals surface area (Å²) < 4.78 is 4.85. The van der Waals surface area contributed by atoms with Crippen LogP contribution in [0.3, 0.4) is 0 Å². The van der Waals surface area contributed by atoms with Gasteiger partial charge in [0.25, 0.3) is 5.91 Å². The molecule has 0 unspecified atom stereocenters. The molecule has 0 atom stereocenters. The Morgan fingerprint density at radius 3 is 3.00 bits per heavy atom. The van der Waals surface area contributed by atoms with Gasteiger partial charge in [-0.3, -0.25) is 4.79 Å². The van der Waals surface area contributed by atoms with Crippen LogP contribution in [0.1, 0.15) is 21.7 Å². The van der Waals surface area contributed by atoms with Gasteiger partial charge in [0.2, 0.25) is 0 Å². The first-order valence-electron chi connectivity index (χ1n) is 5.14. The minimum Gasteiger partial charge on any atom is -0.507 e. The van der Waals surface area contributed by atoms with Crippen LogP contribution in [0.5, 0.6) is 5.75 Å². The second kappa shape index (κ2) is 4.69. The number of carbonyl (C=O) groups excluding carboxylic acids is 1. The molecule has 0 saturated carbocycles. The molecule has 88 valence electrons. The Hall–Kier alpha value is -2.30. The number of nitrogens with zero attached hydrogens (tertiary/aromatic N) is 1. The minimum atomic E-state index is -0.345. The van der Waals surface area contributed by atoms with Crippen molar-refractivity contribution in [3.63, 3.8) is 0 Å². The molecule has 0 bridgehead atoms. The molecule has 1 heterocycles. The van der Waals surface area contributed by atoms with E-state index < -0.39 is 0 Å². The lowest BCUT2D eigenvalue weighted by Gasteiger charge is -2.06. The highest BCUT2D eigenvalue weighted by molar-refractivity contribution is 5.96. The molecule has 1 aromatic carbocycles. The van der Waals surface area contributed by atoms with Crippen molar-refractivity contribution in [3.8, 4) is 5.75 Å². The molecule has 2 N–H and O–H groups in total. The zero-order chi connectivity index (χ0) is 12.3. The topological polar surface area (TPSA) is 75.4 Å². The third kappa shape index (κ3) is 2.63. The number of carbonyl (C=O) groups is 1. The van der Waals surface area contributed by atoms with Gasteiger partial charge in [-0.1, -0.05) is 16.8 Å². The van der Waals surface area contributed by atoms with Crippen LogP contribution in [0.15, 0.2) is 35.0 Å². The van der Waals surface area contributed by atoms with Gasteiger partial charge in [0, 0.05) is 6.07 Å². The third-order valence-corrected chi connectivity index (χ3v) is 2.31.